The van der Waals surface area contributed by atoms with Gasteiger partial charge < -0.3 is 15.4 Å². The molecule has 2 N–H and O–H groups in total. The molecule has 27 heavy (non-hydrogen) atoms. The number of carbonyl (C=O) groups excluding carboxylic acids is 1. The number of hydrogen-bond acceptors (Lipinski definition) is 5. The van der Waals surface area contributed by atoms with Gasteiger partial charge in [0.1, 0.15) is 5.60 Å². The molecule has 0 saturated heterocycles. The quantitative estimate of drug-likeness (QED) is 0.869. The number of amides is 1. The van der Waals surface area contributed by atoms with E-state index < -0.39 is 11.7 Å². The second-order valence-electron chi connectivity index (χ2n) is 7.79. The monoisotopic (exact) mass is 367 g/mol. The van der Waals surface area contributed by atoms with E-state index in [0.29, 0.717) is 18.5 Å². The van der Waals surface area contributed by atoms with E-state index in [1.54, 1.807) is 10.9 Å². The van der Waals surface area contributed by atoms with Crippen LogP contribution in [0.15, 0.2) is 30.5 Å². The van der Waals surface area contributed by atoms with Crippen molar-refractivity contribution >= 4 is 11.8 Å². The van der Waals surface area contributed by atoms with Gasteiger partial charge in [0.05, 0.1) is 23.4 Å². The number of nitriles is 1. The Bertz CT molecular complexity index is 875. The molecule has 0 radical (unpaired) electrons. The summed E-state index contributed by atoms with van der Waals surface area (Å²) in [7, 11) is 1.85. The van der Waals surface area contributed by atoms with Crippen LogP contribution >= 0.6 is 0 Å². The highest BCUT2D eigenvalue weighted by molar-refractivity contribution is 5.68. The Morgan fingerprint density at radius 1 is 1.44 bits per heavy atom. The van der Waals surface area contributed by atoms with Gasteiger partial charge in [0.25, 0.3) is 0 Å². The SMILES string of the molecule is Cn1nccc1[C@@H](NC(=O)OC(C)(C)C)C1CNc2cccc(C#N)c2C1. The molecule has 2 atom stereocenters. The third kappa shape index (κ3) is 4.22. The molecule has 7 heteroatoms. The number of aryl methyl sites for hydroxylation is 1. The van der Waals surface area contributed by atoms with Crippen LogP contribution in [0.2, 0.25) is 0 Å². The van der Waals surface area contributed by atoms with Crippen molar-refractivity contribution < 1.29 is 9.53 Å². The van der Waals surface area contributed by atoms with Gasteiger partial charge in [-0.05, 0) is 51.0 Å². The van der Waals surface area contributed by atoms with Crippen LogP contribution in [0.1, 0.15) is 43.6 Å². The Hall–Kier alpha value is -3.01. The maximum atomic E-state index is 12.5. The van der Waals surface area contributed by atoms with E-state index in [4.69, 9.17) is 4.74 Å². The van der Waals surface area contributed by atoms with Crippen molar-refractivity contribution in [1.82, 2.24) is 15.1 Å². The van der Waals surface area contributed by atoms with Crippen LogP contribution in [0.3, 0.4) is 0 Å². The third-order valence-corrected chi connectivity index (χ3v) is 4.64. The number of hydrogen-bond donors (Lipinski definition) is 2. The molecule has 1 aliphatic rings. The minimum Gasteiger partial charge on any atom is -0.444 e. The molecule has 0 saturated carbocycles. The van der Waals surface area contributed by atoms with Crippen molar-refractivity contribution in [3.63, 3.8) is 0 Å². The Morgan fingerprint density at radius 3 is 2.85 bits per heavy atom. The maximum absolute atomic E-state index is 12.5. The van der Waals surface area contributed by atoms with Gasteiger partial charge in [-0.2, -0.15) is 10.4 Å². The zero-order chi connectivity index (χ0) is 19.6. The molecule has 0 aliphatic carbocycles. The zero-order valence-electron chi connectivity index (χ0n) is 16.1. The molecule has 7 nitrogen and oxygen atoms in total. The fourth-order valence-electron chi connectivity index (χ4n) is 3.45. The largest absolute Gasteiger partial charge is 0.444 e. The van der Waals surface area contributed by atoms with Gasteiger partial charge in [-0.25, -0.2) is 4.79 Å². The summed E-state index contributed by atoms with van der Waals surface area (Å²) < 4.78 is 7.22. The summed E-state index contributed by atoms with van der Waals surface area (Å²) in [6, 6.07) is 9.55. The van der Waals surface area contributed by atoms with Crippen molar-refractivity contribution in [3.8, 4) is 6.07 Å². The van der Waals surface area contributed by atoms with Gasteiger partial charge >= 0.3 is 6.09 Å². The molecule has 1 amide bonds. The Balaban J connectivity index is 1.89. The minimum atomic E-state index is -0.577. The number of nitrogens with zero attached hydrogens (tertiary/aromatic N) is 3. The molecule has 142 valence electrons. The lowest BCUT2D eigenvalue weighted by molar-refractivity contribution is 0.0483. The van der Waals surface area contributed by atoms with Gasteiger partial charge in [0.2, 0.25) is 0 Å². The van der Waals surface area contributed by atoms with Gasteiger partial charge in [-0.1, -0.05) is 6.07 Å². The van der Waals surface area contributed by atoms with Crippen LogP contribution in [-0.4, -0.2) is 28.0 Å². The van der Waals surface area contributed by atoms with Crippen LogP contribution in [0.5, 0.6) is 0 Å². The molecule has 1 aromatic carbocycles. The molecule has 1 aromatic heterocycles. The first-order chi connectivity index (χ1) is 12.8. The molecule has 1 aliphatic heterocycles. The molecular formula is C20H25N5O2. The number of ether oxygens (including phenoxy) is 1. The van der Waals surface area contributed by atoms with Gasteiger partial charge in [-0.3, -0.25) is 4.68 Å². The van der Waals surface area contributed by atoms with Gasteiger partial charge in [-0.15, -0.1) is 0 Å². The number of alkyl carbamates (subject to hydrolysis) is 1. The lowest BCUT2D eigenvalue weighted by Crippen LogP contribution is -2.42. The molecule has 1 unspecified atom stereocenters. The summed E-state index contributed by atoms with van der Waals surface area (Å²) in [5, 5.41) is 20.1. The summed E-state index contributed by atoms with van der Waals surface area (Å²) in [5.41, 5.74) is 2.93. The fourth-order valence-corrected chi connectivity index (χ4v) is 3.45. The van der Waals surface area contributed by atoms with E-state index in [0.717, 1.165) is 16.9 Å². The van der Waals surface area contributed by atoms with Crippen LogP contribution in [0.25, 0.3) is 0 Å². The number of aromatic nitrogens is 2. The Kier molecular flexibility index (Phi) is 5.08. The van der Waals surface area contributed by atoms with Crippen molar-refractivity contribution in [3.05, 3.63) is 47.3 Å². The zero-order valence-corrected chi connectivity index (χ0v) is 16.1. The smallest absolute Gasteiger partial charge is 0.408 e. The highest BCUT2D eigenvalue weighted by Crippen LogP contribution is 2.34. The number of carbonyl (C=O) groups is 1. The normalized spacial score (nSPS) is 17.2. The van der Waals surface area contributed by atoms with E-state index in [9.17, 15) is 10.1 Å². The van der Waals surface area contributed by atoms with Crippen LogP contribution in [0.4, 0.5) is 10.5 Å². The second kappa shape index (κ2) is 7.31. The molecular weight excluding hydrogens is 342 g/mol. The van der Waals surface area contributed by atoms with E-state index in [1.807, 2.05) is 52.1 Å². The van der Waals surface area contributed by atoms with Gasteiger partial charge in [0.15, 0.2) is 0 Å². The van der Waals surface area contributed by atoms with Crippen molar-refractivity contribution in [2.75, 3.05) is 11.9 Å². The first kappa shape index (κ1) is 18.8. The van der Waals surface area contributed by atoms with Crippen LogP contribution < -0.4 is 10.6 Å². The number of fused-ring (bicyclic) bond motifs is 1. The minimum absolute atomic E-state index is 0.0509. The van der Waals surface area contributed by atoms with E-state index in [-0.39, 0.29) is 12.0 Å². The van der Waals surface area contributed by atoms with Crippen molar-refractivity contribution in [2.24, 2.45) is 13.0 Å². The molecule has 2 aromatic rings. The lowest BCUT2D eigenvalue weighted by Gasteiger charge is -2.34. The standard InChI is InChI=1S/C20H25N5O2/c1-20(2,3)27-19(26)24-18(17-8-9-23-25(17)4)14-10-15-13(11-21)6-5-7-16(15)22-12-14/h5-9,14,18,22H,10,12H2,1-4H3,(H,24,26)/t14?,18-/m0/s1. The summed E-state index contributed by atoms with van der Waals surface area (Å²) in [6.45, 7) is 6.18. The summed E-state index contributed by atoms with van der Waals surface area (Å²) in [6.07, 6.45) is 1.93. The van der Waals surface area contributed by atoms with E-state index >= 15 is 0 Å². The van der Waals surface area contributed by atoms with Crippen LogP contribution in [-0.2, 0) is 18.2 Å². The Labute approximate surface area is 159 Å². The predicted octanol–water partition coefficient (Wildman–Crippen LogP) is 3.14. The van der Waals surface area contributed by atoms with Crippen molar-refractivity contribution in [1.29, 1.82) is 5.26 Å². The van der Waals surface area contributed by atoms with Crippen LogP contribution in [0, 0.1) is 17.2 Å². The highest BCUT2D eigenvalue weighted by atomic mass is 16.6. The second-order valence-corrected chi connectivity index (χ2v) is 7.79. The number of benzene rings is 1. The highest BCUT2D eigenvalue weighted by Gasteiger charge is 2.32. The first-order valence-corrected chi connectivity index (χ1v) is 9.02. The summed E-state index contributed by atoms with van der Waals surface area (Å²) in [5.74, 6) is 0.0509. The predicted molar refractivity (Wildman–Crippen MR) is 102 cm³/mol. The number of rotatable bonds is 3. The topological polar surface area (TPSA) is 92.0 Å². The fraction of sp³-hybridized carbons (Fsp3) is 0.450. The number of anilines is 1. The average molecular weight is 367 g/mol. The average Bonchev–Trinajstić information content (AvgIpc) is 3.03. The molecule has 0 bridgehead atoms. The summed E-state index contributed by atoms with van der Waals surface area (Å²) >= 11 is 0. The third-order valence-electron chi connectivity index (χ3n) is 4.64. The van der Waals surface area contributed by atoms with E-state index in [1.165, 1.54) is 0 Å². The molecule has 0 fully saturated rings. The molecule has 2 heterocycles. The first-order valence-electron chi connectivity index (χ1n) is 9.02. The Morgan fingerprint density at radius 2 is 2.22 bits per heavy atom. The molecule has 0 spiro atoms. The number of nitrogens with one attached hydrogen (secondary N) is 2. The lowest BCUT2D eigenvalue weighted by atomic mass is 9.85. The van der Waals surface area contributed by atoms with Gasteiger partial charge in [0, 0.05) is 31.4 Å². The summed E-state index contributed by atoms with van der Waals surface area (Å²) in [4.78, 5) is 12.5. The maximum Gasteiger partial charge on any atom is 0.408 e. The van der Waals surface area contributed by atoms with E-state index in [2.05, 4.69) is 21.8 Å². The van der Waals surface area contributed by atoms with Crippen molar-refractivity contribution in [2.45, 2.75) is 38.8 Å². The molecule has 3 rings (SSSR count).